The van der Waals surface area contributed by atoms with Gasteiger partial charge >= 0.3 is 0 Å². The predicted octanol–water partition coefficient (Wildman–Crippen LogP) is 3.68. The Hall–Kier alpha value is -1.04. The highest BCUT2D eigenvalue weighted by molar-refractivity contribution is 9.10. The molecule has 6 heteroatoms. The molecule has 1 heterocycles. The number of nitrogens with two attached hydrogens (primary N) is 1. The van der Waals surface area contributed by atoms with Crippen molar-refractivity contribution in [2.45, 2.75) is 6.54 Å². The van der Waals surface area contributed by atoms with Gasteiger partial charge < -0.3 is 11.1 Å². The van der Waals surface area contributed by atoms with E-state index in [1.807, 2.05) is 11.4 Å². The Balaban J connectivity index is 2.09. The zero-order valence-corrected chi connectivity index (χ0v) is 12.4. The number of carbonyl (C=O) groups excluding carboxylic acids is 1. The fraction of sp³-hybridized carbons (Fsp3) is 0.0833. The lowest BCUT2D eigenvalue weighted by Crippen LogP contribution is -2.23. The molecule has 0 radical (unpaired) electrons. The van der Waals surface area contributed by atoms with Gasteiger partial charge in [0.05, 0.1) is 22.8 Å². The molecular formula is C12H10BrClN2OS. The molecule has 0 unspecified atom stereocenters. The Labute approximate surface area is 122 Å². The highest BCUT2D eigenvalue weighted by Crippen LogP contribution is 2.24. The SMILES string of the molecule is Nc1cccc(C(=O)NCc2sccc2Br)c1Cl. The minimum absolute atomic E-state index is 0.229. The molecule has 2 aromatic rings. The largest absolute Gasteiger partial charge is 0.398 e. The average Bonchev–Trinajstić information content (AvgIpc) is 2.75. The van der Waals surface area contributed by atoms with Crippen molar-refractivity contribution in [1.29, 1.82) is 0 Å². The topological polar surface area (TPSA) is 55.1 Å². The average molecular weight is 346 g/mol. The van der Waals surface area contributed by atoms with E-state index in [9.17, 15) is 4.79 Å². The van der Waals surface area contributed by atoms with Crippen molar-refractivity contribution in [3.63, 3.8) is 0 Å². The molecule has 1 aromatic heterocycles. The van der Waals surface area contributed by atoms with E-state index < -0.39 is 0 Å². The fourth-order valence-corrected chi connectivity index (χ4v) is 3.08. The van der Waals surface area contributed by atoms with Crippen LogP contribution in [0.1, 0.15) is 15.2 Å². The Morgan fingerprint density at radius 2 is 2.22 bits per heavy atom. The number of carbonyl (C=O) groups is 1. The van der Waals surface area contributed by atoms with Gasteiger partial charge in [-0.15, -0.1) is 11.3 Å². The minimum Gasteiger partial charge on any atom is -0.398 e. The van der Waals surface area contributed by atoms with E-state index in [4.69, 9.17) is 17.3 Å². The summed E-state index contributed by atoms with van der Waals surface area (Å²) in [4.78, 5) is 13.0. The predicted molar refractivity (Wildman–Crippen MR) is 79.1 cm³/mol. The van der Waals surface area contributed by atoms with Gasteiger partial charge in [0.15, 0.2) is 0 Å². The summed E-state index contributed by atoms with van der Waals surface area (Å²) in [5, 5.41) is 5.06. The van der Waals surface area contributed by atoms with Crippen molar-refractivity contribution in [2.75, 3.05) is 5.73 Å². The first-order valence-corrected chi connectivity index (χ1v) is 7.18. The molecule has 0 aliphatic rings. The lowest BCUT2D eigenvalue weighted by Gasteiger charge is -2.07. The van der Waals surface area contributed by atoms with Gasteiger partial charge in [-0.05, 0) is 39.5 Å². The van der Waals surface area contributed by atoms with Crippen LogP contribution in [-0.2, 0) is 6.54 Å². The highest BCUT2D eigenvalue weighted by atomic mass is 79.9. The third-order valence-electron chi connectivity index (χ3n) is 2.37. The molecular weight excluding hydrogens is 336 g/mol. The summed E-state index contributed by atoms with van der Waals surface area (Å²) in [6.07, 6.45) is 0. The van der Waals surface area contributed by atoms with Gasteiger partial charge in [-0.25, -0.2) is 0 Å². The van der Waals surface area contributed by atoms with Gasteiger partial charge in [-0.1, -0.05) is 17.7 Å². The molecule has 0 saturated carbocycles. The van der Waals surface area contributed by atoms with Gasteiger partial charge in [-0.3, -0.25) is 4.79 Å². The maximum atomic E-state index is 12.0. The van der Waals surface area contributed by atoms with Crippen LogP contribution in [0.15, 0.2) is 34.1 Å². The molecule has 3 N–H and O–H groups in total. The molecule has 0 atom stereocenters. The maximum absolute atomic E-state index is 12.0. The standard InChI is InChI=1S/C12H10BrClN2OS/c13-8-4-5-18-10(8)6-16-12(17)7-2-1-3-9(15)11(7)14/h1-5H,6,15H2,(H,16,17). The second-order valence-electron chi connectivity index (χ2n) is 3.58. The zero-order valence-electron chi connectivity index (χ0n) is 9.24. The molecule has 0 bridgehead atoms. The van der Waals surface area contributed by atoms with Crippen LogP contribution in [0, 0.1) is 0 Å². The third kappa shape index (κ3) is 2.85. The fourth-order valence-electron chi connectivity index (χ4n) is 1.43. The number of amides is 1. The molecule has 18 heavy (non-hydrogen) atoms. The molecule has 0 saturated heterocycles. The van der Waals surface area contributed by atoms with Gasteiger partial charge in [0.25, 0.3) is 5.91 Å². The van der Waals surface area contributed by atoms with Gasteiger partial charge in [0.1, 0.15) is 0 Å². The van der Waals surface area contributed by atoms with Gasteiger partial charge in [0, 0.05) is 9.35 Å². The Morgan fingerprint density at radius 1 is 1.44 bits per heavy atom. The van der Waals surface area contributed by atoms with Crippen molar-refractivity contribution in [3.8, 4) is 0 Å². The number of thiophene rings is 1. The van der Waals surface area contributed by atoms with Crippen LogP contribution in [0.5, 0.6) is 0 Å². The quantitative estimate of drug-likeness (QED) is 0.834. The van der Waals surface area contributed by atoms with Crippen LogP contribution in [0.2, 0.25) is 5.02 Å². The first-order chi connectivity index (χ1) is 8.59. The molecule has 94 valence electrons. The van der Waals surface area contributed by atoms with Crippen LogP contribution >= 0.6 is 38.9 Å². The van der Waals surface area contributed by atoms with Crippen LogP contribution < -0.4 is 11.1 Å². The molecule has 0 aliphatic carbocycles. The van der Waals surface area contributed by atoms with Crippen molar-refractivity contribution in [1.82, 2.24) is 5.32 Å². The number of nitrogens with one attached hydrogen (secondary N) is 1. The van der Waals surface area contributed by atoms with E-state index in [-0.39, 0.29) is 5.91 Å². The van der Waals surface area contributed by atoms with E-state index in [1.54, 1.807) is 29.5 Å². The van der Waals surface area contributed by atoms with Crippen molar-refractivity contribution >= 4 is 50.5 Å². The van der Waals surface area contributed by atoms with Crippen LogP contribution in [0.3, 0.4) is 0 Å². The number of rotatable bonds is 3. The van der Waals surface area contributed by atoms with Crippen molar-refractivity contribution in [3.05, 3.63) is 49.6 Å². The van der Waals surface area contributed by atoms with Crippen molar-refractivity contribution < 1.29 is 4.79 Å². The number of anilines is 1. The number of hydrogen-bond donors (Lipinski definition) is 2. The van der Waals surface area contributed by atoms with E-state index in [0.29, 0.717) is 22.8 Å². The minimum atomic E-state index is -0.229. The number of hydrogen-bond acceptors (Lipinski definition) is 3. The summed E-state index contributed by atoms with van der Waals surface area (Å²) in [6.45, 7) is 0.461. The molecule has 1 amide bonds. The summed E-state index contributed by atoms with van der Waals surface area (Å²) >= 11 is 11.0. The first kappa shape index (κ1) is 13.4. The molecule has 0 fully saturated rings. The molecule has 2 rings (SSSR count). The van der Waals surface area contributed by atoms with Crippen molar-refractivity contribution in [2.24, 2.45) is 0 Å². The Kier molecular flexibility index (Phi) is 4.27. The van der Waals surface area contributed by atoms with Gasteiger partial charge in [0.2, 0.25) is 0 Å². The van der Waals surface area contributed by atoms with E-state index in [1.165, 1.54) is 0 Å². The second kappa shape index (κ2) is 5.73. The summed E-state index contributed by atoms with van der Waals surface area (Å²) < 4.78 is 0.992. The highest BCUT2D eigenvalue weighted by Gasteiger charge is 2.12. The number of halogens is 2. The molecule has 3 nitrogen and oxygen atoms in total. The Bertz CT molecular complexity index is 585. The van der Waals surface area contributed by atoms with Crippen LogP contribution in [0.25, 0.3) is 0 Å². The van der Waals surface area contributed by atoms with Crippen LogP contribution in [-0.4, -0.2) is 5.91 Å². The van der Waals surface area contributed by atoms with Crippen LogP contribution in [0.4, 0.5) is 5.69 Å². The maximum Gasteiger partial charge on any atom is 0.253 e. The summed E-state index contributed by atoms with van der Waals surface area (Å²) in [7, 11) is 0. The van der Waals surface area contributed by atoms with E-state index in [0.717, 1.165) is 9.35 Å². The van der Waals surface area contributed by atoms with Gasteiger partial charge in [-0.2, -0.15) is 0 Å². The normalized spacial score (nSPS) is 10.3. The monoisotopic (exact) mass is 344 g/mol. The summed E-state index contributed by atoms with van der Waals surface area (Å²) in [5.41, 5.74) is 6.45. The summed E-state index contributed by atoms with van der Waals surface area (Å²) in [6, 6.07) is 6.96. The lowest BCUT2D eigenvalue weighted by atomic mass is 10.2. The summed E-state index contributed by atoms with van der Waals surface area (Å²) in [5.74, 6) is -0.229. The zero-order chi connectivity index (χ0) is 13.1. The molecule has 1 aromatic carbocycles. The number of nitrogen functional groups attached to an aromatic ring is 1. The third-order valence-corrected chi connectivity index (χ3v) is 4.72. The smallest absolute Gasteiger partial charge is 0.253 e. The second-order valence-corrected chi connectivity index (χ2v) is 5.82. The van der Waals surface area contributed by atoms with E-state index in [2.05, 4.69) is 21.2 Å². The molecule has 0 spiro atoms. The Morgan fingerprint density at radius 3 is 2.89 bits per heavy atom. The first-order valence-electron chi connectivity index (χ1n) is 5.13. The number of benzene rings is 1. The molecule has 0 aliphatic heterocycles. The van der Waals surface area contributed by atoms with E-state index >= 15 is 0 Å². The lowest BCUT2D eigenvalue weighted by molar-refractivity contribution is 0.0951.